The van der Waals surface area contributed by atoms with Gasteiger partial charge in [-0.05, 0) is 49.7 Å². The second-order valence-corrected chi connectivity index (χ2v) is 6.92. The molecule has 1 aliphatic rings. The first-order valence-electron chi connectivity index (χ1n) is 8.72. The van der Waals surface area contributed by atoms with Gasteiger partial charge in [0.05, 0.1) is 16.7 Å². The van der Waals surface area contributed by atoms with Crippen molar-refractivity contribution in [2.24, 2.45) is 5.41 Å². The monoisotopic (exact) mass is 390 g/mol. The highest BCUT2D eigenvalue weighted by molar-refractivity contribution is 6.00. The summed E-state index contributed by atoms with van der Waals surface area (Å²) >= 11 is 0. The molecule has 0 spiro atoms. The fourth-order valence-electron chi connectivity index (χ4n) is 3.13. The molecule has 2 N–H and O–H groups in total. The summed E-state index contributed by atoms with van der Waals surface area (Å²) in [5.74, 6) is -1.14. The number of likely N-dealkylation sites (tertiary alicyclic amines) is 1. The van der Waals surface area contributed by atoms with E-state index in [4.69, 9.17) is 0 Å². The van der Waals surface area contributed by atoms with Gasteiger partial charge in [0.15, 0.2) is 0 Å². The van der Waals surface area contributed by atoms with Gasteiger partial charge in [-0.15, -0.1) is 0 Å². The number of ether oxygens (including phenoxy) is 1. The van der Waals surface area contributed by atoms with Crippen LogP contribution in [0.3, 0.4) is 0 Å². The molecule has 0 aliphatic carbocycles. The third-order valence-corrected chi connectivity index (χ3v) is 4.79. The van der Waals surface area contributed by atoms with E-state index in [1.165, 1.54) is 17.0 Å². The summed E-state index contributed by atoms with van der Waals surface area (Å²) in [6, 6.07) is 12.8. The minimum Gasteiger partial charge on any atom is -0.481 e. The molecule has 0 bridgehead atoms. The van der Waals surface area contributed by atoms with Crippen molar-refractivity contribution in [3.8, 4) is 5.75 Å². The molecule has 1 heterocycles. The van der Waals surface area contributed by atoms with Gasteiger partial charge in [-0.3, -0.25) is 9.59 Å². The average molecular weight is 390 g/mol. The van der Waals surface area contributed by atoms with Crippen LogP contribution in [-0.4, -0.2) is 41.6 Å². The van der Waals surface area contributed by atoms with E-state index in [0.717, 1.165) is 0 Å². The molecule has 1 amide bonds. The Balaban J connectivity index is 1.76. The van der Waals surface area contributed by atoms with Crippen molar-refractivity contribution in [3.05, 3.63) is 54.1 Å². The molecule has 0 radical (unpaired) electrons. The lowest BCUT2D eigenvalue weighted by Crippen LogP contribution is -2.35. The minimum absolute atomic E-state index is 0.0370. The summed E-state index contributed by atoms with van der Waals surface area (Å²) in [6.07, 6.45) is 0.398. The zero-order valence-electron chi connectivity index (χ0n) is 15.2. The maximum absolute atomic E-state index is 12.9. The van der Waals surface area contributed by atoms with Crippen LogP contribution in [0.5, 0.6) is 5.75 Å². The van der Waals surface area contributed by atoms with Gasteiger partial charge < -0.3 is 20.1 Å². The lowest BCUT2D eigenvalue weighted by atomic mass is 9.90. The van der Waals surface area contributed by atoms with Crippen LogP contribution in [0.15, 0.2) is 48.5 Å². The zero-order valence-corrected chi connectivity index (χ0v) is 15.2. The largest absolute Gasteiger partial charge is 0.481 e. The molecular weight excluding hydrogens is 370 g/mol. The van der Waals surface area contributed by atoms with Crippen LogP contribution >= 0.6 is 0 Å². The first-order chi connectivity index (χ1) is 13.3. The zero-order chi connectivity index (χ0) is 20.3. The molecule has 2 aromatic rings. The van der Waals surface area contributed by atoms with E-state index in [1.807, 2.05) is 0 Å². The summed E-state index contributed by atoms with van der Waals surface area (Å²) in [7, 11) is 0. The first-order valence-corrected chi connectivity index (χ1v) is 8.72. The number of carbonyl (C=O) groups excluding carboxylic acids is 1. The molecule has 2 aromatic carbocycles. The van der Waals surface area contributed by atoms with Crippen LogP contribution in [0, 0.1) is 5.41 Å². The summed E-state index contributed by atoms with van der Waals surface area (Å²) in [4.78, 5) is 25.9. The van der Waals surface area contributed by atoms with E-state index in [0.29, 0.717) is 29.9 Å². The number of para-hydroxylation sites is 1. The van der Waals surface area contributed by atoms with E-state index in [-0.39, 0.29) is 18.2 Å². The first kappa shape index (κ1) is 19.6. The summed E-state index contributed by atoms with van der Waals surface area (Å²) in [6.45, 7) is -0.741. The van der Waals surface area contributed by atoms with Gasteiger partial charge in [0.25, 0.3) is 5.91 Å². The van der Waals surface area contributed by atoms with E-state index in [2.05, 4.69) is 10.1 Å². The number of benzene rings is 2. The number of hydrogen-bond acceptors (Lipinski definition) is 4. The third kappa shape index (κ3) is 4.21. The SMILES string of the molecule is CC1(C(=O)O)CCN(C(=O)c2ccccc2Nc2ccc(OC(F)F)cc2)C1. The molecule has 0 aromatic heterocycles. The summed E-state index contributed by atoms with van der Waals surface area (Å²) < 4.78 is 28.8. The van der Waals surface area contributed by atoms with E-state index < -0.39 is 18.0 Å². The van der Waals surface area contributed by atoms with Crippen LogP contribution in [-0.2, 0) is 4.79 Å². The van der Waals surface area contributed by atoms with Crippen molar-refractivity contribution < 1.29 is 28.2 Å². The van der Waals surface area contributed by atoms with Crippen LogP contribution in [0.1, 0.15) is 23.7 Å². The molecule has 1 aliphatic heterocycles. The predicted octanol–water partition coefficient (Wildman–Crippen LogP) is 3.97. The molecular formula is C20H20F2N2O4. The van der Waals surface area contributed by atoms with Gasteiger partial charge >= 0.3 is 12.6 Å². The molecule has 148 valence electrons. The molecule has 8 heteroatoms. The quantitative estimate of drug-likeness (QED) is 0.780. The molecule has 1 unspecified atom stereocenters. The Morgan fingerprint density at radius 1 is 1.18 bits per heavy atom. The molecule has 6 nitrogen and oxygen atoms in total. The Labute approximate surface area is 160 Å². The van der Waals surface area contributed by atoms with Gasteiger partial charge in [-0.1, -0.05) is 12.1 Å². The van der Waals surface area contributed by atoms with E-state index in [9.17, 15) is 23.5 Å². The highest BCUT2D eigenvalue weighted by Crippen LogP contribution is 2.32. The number of rotatable bonds is 6. The van der Waals surface area contributed by atoms with Crippen molar-refractivity contribution >= 4 is 23.3 Å². The number of carboxylic acid groups (broad SMARTS) is 1. The van der Waals surface area contributed by atoms with Gasteiger partial charge in [-0.2, -0.15) is 8.78 Å². The highest BCUT2D eigenvalue weighted by atomic mass is 19.3. The van der Waals surface area contributed by atoms with Crippen LogP contribution in [0.2, 0.25) is 0 Å². The summed E-state index contributed by atoms with van der Waals surface area (Å²) in [5.41, 5.74) is 0.598. The number of amides is 1. The van der Waals surface area contributed by atoms with Crippen LogP contribution in [0.25, 0.3) is 0 Å². The molecule has 0 saturated carbocycles. The number of hydrogen-bond donors (Lipinski definition) is 2. The number of nitrogens with zero attached hydrogens (tertiary/aromatic N) is 1. The topological polar surface area (TPSA) is 78.9 Å². The van der Waals surface area contributed by atoms with Gasteiger partial charge in [0.1, 0.15) is 5.75 Å². The van der Waals surface area contributed by atoms with Crippen molar-refractivity contribution in [1.82, 2.24) is 4.90 Å². The normalized spacial score (nSPS) is 18.9. The fourth-order valence-corrected chi connectivity index (χ4v) is 3.13. The van der Waals surface area contributed by atoms with Crippen molar-refractivity contribution in [1.29, 1.82) is 0 Å². The Morgan fingerprint density at radius 3 is 2.46 bits per heavy atom. The lowest BCUT2D eigenvalue weighted by Gasteiger charge is -2.21. The Kier molecular flexibility index (Phi) is 5.48. The number of alkyl halides is 2. The number of carbonyl (C=O) groups is 2. The van der Waals surface area contributed by atoms with E-state index >= 15 is 0 Å². The molecule has 1 fully saturated rings. The number of halogens is 2. The van der Waals surface area contributed by atoms with Gasteiger partial charge in [0.2, 0.25) is 0 Å². The number of nitrogens with one attached hydrogen (secondary N) is 1. The second kappa shape index (κ2) is 7.84. The maximum atomic E-state index is 12.9. The highest BCUT2D eigenvalue weighted by Gasteiger charge is 2.42. The maximum Gasteiger partial charge on any atom is 0.387 e. The Bertz CT molecular complexity index is 873. The Hall–Kier alpha value is -3.16. The number of anilines is 2. The van der Waals surface area contributed by atoms with E-state index in [1.54, 1.807) is 43.3 Å². The number of aliphatic carboxylic acids is 1. The lowest BCUT2D eigenvalue weighted by molar-refractivity contribution is -0.147. The van der Waals surface area contributed by atoms with Crippen molar-refractivity contribution in [2.45, 2.75) is 20.0 Å². The average Bonchev–Trinajstić information content (AvgIpc) is 3.07. The second-order valence-electron chi connectivity index (χ2n) is 6.92. The molecule has 1 atom stereocenters. The predicted molar refractivity (Wildman–Crippen MR) is 99.1 cm³/mol. The molecule has 1 saturated heterocycles. The molecule has 28 heavy (non-hydrogen) atoms. The standard InChI is InChI=1S/C20H20F2N2O4/c1-20(18(26)27)10-11-24(12-20)17(25)15-4-2-3-5-16(15)23-13-6-8-14(9-7-13)28-19(21)22/h2-9,19,23H,10-12H2,1H3,(H,26,27). The third-order valence-electron chi connectivity index (χ3n) is 4.79. The minimum atomic E-state index is -2.89. The van der Waals surface area contributed by atoms with Gasteiger partial charge in [0, 0.05) is 18.8 Å². The smallest absolute Gasteiger partial charge is 0.387 e. The molecule has 3 rings (SSSR count). The van der Waals surface area contributed by atoms with Crippen molar-refractivity contribution in [3.63, 3.8) is 0 Å². The number of carboxylic acids is 1. The van der Waals surface area contributed by atoms with Gasteiger partial charge in [-0.25, -0.2) is 0 Å². The van der Waals surface area contributed by atoms with Crippen LogP contribution in [0.4, 0.5) is 20.2 Å². The van der Waals surface area contributed by atoms with Crippen LogP contribution < -0.4 is 10.1 Å². The summed E-state index contributed by atoms with van der Waals surface area (Å²) in [5, 5.41) is 12.5. The van der Waals surface area contributed by atoms with Crippen molar-refractivity contribution in [2.75, 3.05) is 18.4 Å². The Morgan fingerprint density at radius 2 is 1.86 bits per heavy atom. The fraction of sp³-hybridized carbons (Fsp3) is 0.300.